The molecule has 0 N–H and O–H groups in total. The van der Waals surface area contributed by atoms with Crippen LogP contribution in [0.25, 0.3) is 10.4 Å². The van der Waals surface area contributed by atoms with Crippen LogP contribution in [-0.4, -0.2) is 42.1 Å². The molecule has 4 atom stereocenters. The molecule has 1 unspecified atom stereocenters. The number of carbonyl (C=O) groups excluding carboxylic acids is 1. The molecule has 1 aromatic heterocycles. The first-order chi connectivity index (χ1) is 18.6. The molecule has 1 aliphatic heterocycles. The maximum Gasteiger partial charge on any atom is 0.243 e. The molecular formula is C28H29ClFN5O3S. The predicted molar refractivity (Wildman–Crippen MR) is 147 cm³/mol. The van der Waals surface area contributed by atoms with Gasteiger partial charge in [0.1, 0.15) is 17.6 Å². The zero-order valence-corrected chi connectivity index (χ0v) is 23.2. The topological polar surface area (TPSA) is 116 Å². The Labute approximate surface area is 232 Å². The molecule has 0 spiro atoms. The number of hydrogen-bond donors (Lipinski definition) is 0. The normalized spacial score (nSPS) is 18.3. The fraction of sp³-hybridized carbons (Fsp3) is 0.357. The van der Waals surface area contributed by atoms with E-state index in [1.807, 2.05) is 13.8 Å². The first kappa shape index (κ1) is 28.7. The van der Waals surface area contributed by atoms with Gasteiger partial charge in [-0.1, -0.05) is 60.9 Å². The summed E-state index contributed by atoms with van der Waals surface area (Å²) in [4.78, 5) is 20.6. The Morgan fingerprint density at radius 1 is 1.18 bits per heavy atom. The second-order valence-corrected chi connectivity index (χ2v) is 12.3. The lowest BCUT2D eigenvalue weighted by atomic mass is 9.80. The summed E-state index contributed by atoms with van der Waals surface area (Å²) in [5, 5.41) is 4.40. The number of sulfonamides is 1. The highest BCUT2D eigenvalue weighted by atomic mass is 35.5. The van der Waals surface area contributed by atoms with Gasteiger partial charge in [0.25, 0.3) is 0 Å². The predicted octanol–water partition coefficient (Wildman–Crippen LogP) is 6.11. The lowest BCUT2D eigenvalue weighted by Gasteiger charge is -2.27. The first-order valence-corrected chi connectivity index (χ1v) is 14.5. The number of carbonyl (C=O) groups is 1. The molecule has 0 aliphatic carbocycles. The summed E-state index contributed by atoms with van der Waals surface area (Å²) in [5.41, 5.74) is 10.8. The Morgan fingerprint density at radius 2 is 1.87 bits per heavy atom. The van der Waals surface area contributed by atoms with Gasteiger partial charge in [-0.25, -0.2) is 12.8 Å². The van der Waals surface area contributed by atoms with Crippen LogP contribution in [0.2, 0.25) is 5.02 Å². The molecular weight excluding hydrogens is 541 g/mol. The van der Waals surface area contributed by atoms with Gasteiger partial charge in [-0.15, -0.1) is 0 Å². The number of azide groups is 1. The summed E-state index contributed by atoms with van der Waals surface area (Å²) in [7, 11) is -3.60. The highest BCUT2D eigenvalue weighted by molar-refractivity contribution is 7.89. The van der Waals surface area contributed by atoms with Crippen molar-refractivity contribution in [2.24, 2.45) is 11.0 Å². The molecule has 2 heterocycles. The van der Waals surface area contributed by atoms with Crippen molar-refractivity contribution >= 4 is 27.4 Å². The van der Waals surface area contributed by atoms with Crippen molar-refractivity contribution < 1.29 is 17.6 Å². The summed E-state index contributed by atoms with van der Waals surface area (Å²) in [6.45, 7) is 4.23. The summed E-state index contributed by atoms with van der Waals surface area (Å²) >= 11 is 6.03. The van der Waals surface area contributed by atoms with Gasteiger partial charge in [-0.05, 0) is 65.2 Å². The zero-order chi connectivity index (χ0) is 28.2. The standard InChI is InChI=1S/C28H29ClFN5O3S/c1-18(2)27(19-8-10-21(29)11-9-19)28(33-34-31)26(36)14-20-15-32-16-25(30)24(20)13-12-22-17-35(22)39(37,38)23-6-4-3-5-7-23/h3-11,15-16,18,22,27-28H,12-14,17H2,1-2H3/t22-,27+,28+,35?/m0/s1. The quantitative estimate of drug-likeness (QED) is 0.113. The number of rotatable bonds is 12. The van der Waals surface area contributed by atoms with E-state index in [1.54, 1.807) is 54.6 Å². The number of ketones is 1. The van der Waals surface area contributed by atoms with Crippen LogP contribution < -0.4 is 0 Å². The molecule has 3 aromatic rings. The second-order valence-electron chi connectivity index (χ2n) is 9.95. The van der Waals surface area contributed by atoms with Gasteiger partial charge in [0.15, 0.2) is 0 Å². The molecule has 1 fully saturated rings. The molecule has 4 rings (SSSR count). The lowest BCUT2D eigenvalue weighted by molar-refractivity contribution is -0.120. The Morgan fingerprint density at radius 3 is 2.51 bits per heavy atom. The third-order valence-corrected chi connectivity index (χ3v) is 9.20. The molecule has 39 heavy (non-hydrogen) atoms. The monoisotopic (exact) mass is 569 g/mol. The van der Waals surface area contributed by atoms with Crippen molar-refractivity contribution in [3.63, 3.8) is 0 Å². The number of halogens is 2. The van der Waals surface area contributed by atoms with E-state index in [0.29, 0.717) is 29.1 Å². The third kappa shape index (κ3) is 6.65. The Bertz CT molecular complexity index is 1480. The summed E-state index contributed by atoms with van der Waals surface area (Å²) in [6.07, 6.45) is 3.00. The number of pyridine rings is 1. The van der Waals surface area contributed by atoms with Gasteiger partial charge in [-0.3, -0.25) is 9.78 Å². The van der Waals surface area contributed by atoms with E-state index in [-0.39, 0.29) is 35.5 Å². The minimum atomic E-state index is -3.60. The van der Waals surface area contributed by atoms with Crippen molar-refractivity contribution in [3.8, 4) is 0 Å². The third-order valence-electron chi connectivity index (χ3n) is 7.02. The summed E-state index contributed by atoms with van der Waals surface area (Å²) in [5.74, 6) is -1.35. The van der Waals surface area contributed by atoms with Gasteiger partial charge in [0.05, 0.1) is 11.1 Å². The molecule has 0 amide bonds. The molecule has 0 saturated carbocycles. The van der Waals surface area contributed by atoms with Crippen LogP contribution in [0.4, 0.5) is 4.39 Å². The highest BCUT2D eigenvalue weighted by Crippen LogP contribution is 2.34. The zero-order valence-electron chi connectivity index (χ0n) is 21.6. The largest absolute Gasteiger partial charge is 0.299 e. The maximum atomic E-state index is 14.9. The summed E-state index contributed by atoms with van der Waals surface area (Å²) in [6, 6.07) is 14.0. The van der Waals surface area contributed by atoms with Crippen molar-refractivity contribution in [1.29, 1.82) is 0 Å². The number of hydrogen-bond acceptors (Lipinski definition) is 5. The smallest absolute Gasteiger partial charge is 0.243 e. The SMILES string of the molecule is CC(C)[C@H](c1ccc(Cl)cc1)[C@H](N=[N+]=[N-])C(=O)Cc1cncc(F)c1CC[C@H]1CN1S(=O)(=O)c1ccccc1. The van der Waals surface area contributed by atoms with Gasteiger partial charge < -0.3 is 0 Å². The van der Waals surface area contributed by atoms with Crippen LogP contribution >= 0.6 is 11.6 Å². The van der Waals surface area contributed by atoms with E-state index in [2.05, 4.69) is 15.0 Å². The van der Waals surface area contributed by atoms with Crippen LogP contribution in [0, 0.1) is 11.7 Å². The minimum absolute atomic E-state index is 0.0388. The average molecular weight is 570 g/mol. The average Bonchev–Trinajstić information content (AvgIpc) is 3.70. The van der Waals surface area contributed by atoms with E-state index < -0.39 is 27.8 Å². The van der Waals surface area contributed by atoms with E-state index in [4.69, 9.17) is 11.6 Å². The van der Waals surface area contributed by atoms with Crippen LogP contribution in [0.3, 0.4) is 0 Å². The van der Waals surface area contributed by atoms with Gasteiger partial charge in [0.2, 0.25) is 10.0 Å². The van der Waals surface area contributed by atoms with Crippen molar-refractivity contribution in [3.05, 3.63) is 105 Å². The van der Waals surface area contributed by atoms with Crippen molar-refractivity contribution in [1.82, 2.24) is 9.29 Å². The van der Waals surface area contributed by atoms with E-state index in [9.17, 15) is 23.1 Å². The number of benzene rings is 2. The van der Waals surface area contributed by atoms with E-state index in [0.717, 1.165) is 11.8 Å². The van der Waals surface area contributed by atoms with E-state index >= 15 is 0 Å². The van der Waals surface area contributed by atoms with E-state index in [1.165, 1.54) is 10.5 Å². The maximum absolute atomic E-state index is 14.9. The number of aromatic nitrogens is 1. The minimum Gasteiger partial charge on any atom is -0.299 e. The molecule has 1 saturated heterocycles. The lowest BCUT2D eigenvalue weighted by Crippen LogP contribution is -2.31. The fourth-order valence-electron chi connectivity index (χ4n) is 4.96. The molecule has 1 aliphatic rings. The number of nitrogens with zero attached hydrogens (tertiary/aromatic N) is 5. The van der Waals surface area contributed by atoms with Gasteiger partial charge >= 0.3 is 0 Å². The second kappa shape index (κ2) is 12.3. The Hall–Kier alpha value is -3.30. The fourth-order valence-corrected chi connectivity index (χ4v) is 6.73. The first-order valence-electron chi connectivity index (χ1n) is 12.6. The van der Waals surface area contributed by atoms with Crippen LogP contribution in [-0.2, 0) is 27.7 Å². The molecule has 204 valence electrons. The van der Waals surface area contributed by atoms with Crippen molar-refractivity contribution in [2.45, 2.75) is 56.0 Å². The Balaban J connectivity index is 1.51. The summed E-state index contributed by atoms with van der Waals surface area (Å²) < 4.78 is 42.0. The van der Waals surface area contributed by atoms with Crippen LogP contribution in [0.1, 0.15) is 42.9 Å². The van der Waals surface area contributed by atoms with Crippen LogP contribution in [0.5, 0.6) is 0 Å². The molecule has 2 aromatic carbocycles. The number of Topliss-reactive ketones (excluding diaryl/α,β-unsaturated/α-hetero) is 1. The van der Waals surface area contributed by atoms with Gasteiger partial charge in [-0.2, -0.15) is 4.31 Å². The van der Waals surface area contributed by atoms with Crippen molar-refractivity contribution in [2.75, 3.05) is 6.54 Å². The molecule has 11 heteroatoms. The molecule has 8 nitrogen and oxygen atoms in total. The van der Waals surface area contributed by atoms with Crippen LogP contribution in [0.15, 0.2) is 77.0 Å². The van der Waals surface area contributed by atoms with Gasteiger partial charge in [0, 0.05) is 41.1 Å². The molecule has 0 bridgehead atoms. The Kier molecular flexibility index (Phi) is 9.02. The molecule has 0 radical (unpaired) electrons. The highest BCUT2D eigenvalue weighted by Gasteiger charge is 2.44.